The average molecular weight is 333 g/mol. The molecule has 0 saturated carbocycles. The first kappa shape index (κ1) is 18.4. The maximum absolute atomic E-state index is 12.9. The highest BCUT2D eigenvalue weighted by molar-refractivity contribution is 7.55. The Morgan fingerprint density at radius 1 is 1.23 bits per heavy atom. The van der Waals surface area contributed by atoms with E-state index in [1.807, 2.05) is 4.67 Å². The molecule has 7 heteroatoms. The average Bonchev–Trinajstić information content (AvgIpc) is 2.44. The van der Waals surface area contributed by atoms with Crippen molar-refractivity contribution in [2.75, 3.05) is 59.6 Å². The van der Waals surface area contributed by atoms with Gasteiger partial charge >= 0.3 is 0 Å². The Morgan fingerprint density at radius 3 is 2.41 bits per heavy atom. The molecule has 0 N–H and O–H groups in total. The van der Waals surface area contributed by atoms with Crippen molar-refractivity contribution in [1.29, 1.82) is 0 Å². The molecule has 0 aromatic carbocycles. The summed E-state index contributed by atoms with van der Waals surface area (Å²) in [5, 5.41) is 0. The summed E-state index contributed by atoms with van der Waals surface area (Å²) < 4.78 is 26.6. The molecule has 3 unspecified atom stereocenters. The minimum Gasteiger partial charge on any atom is -0.370 e. The highest BCUT2D eigenvalue weighted by atomic mass is 31.2. The summed E-state index contributed by atoms with van der Waals surface area (Å²) in [5.74, 6) is 0. The van der Waals surface area contributed by atoms with E-state index in [1.165, 1.54) is 0 Å². The van der Waals surface area contributed by atoms with Gasteiger partial charge < -0.3 is 14.2 Å². The molecular weight excluding hydrogens is 301 g/mol. The summed E-state index contributed by atoms with van der Waals surface area (Å²) in [6.45, 7) is 14.0. The van der Waals surface area contributed by atoms with Crippen LogP contribution in [0.5, 0.6) is 0 Å². The SMILES string of the molecule is CC1CN(C)CC(COP(C)(=O)N2CCN(C(C)C)CC2)O1. The molecule has 0 bridgehead atoms. The summed E-state index contributed by atoms with van der Waals surface area (Å²) in [7, 11) is -0.637. The summed E-state index contributed by atoms with van der Waals surface area (Å²) in [5.41, 5.74) is 0. The Labute approximate surface area is 135 Å². The first-order valence-electron chi connectivity index (χ1n) is 8.33. The van der Waals surface area contributed by atoms with Crippen LogP contribution in [0.25, 0.3) is 0 Å². The first-order valence-corrected chi connectivity index (χ1v) is 10.4. The van der Waals surface area contributed by atoms with Gasteiger partial charge in [0.25, 0.3) is 7.52 Å². The standard InChI is InChI=1S/C15H32N3O3P/c1-13(2)17-6-8-18(9-7-17)22(5,19)20-12-15-11-16(4)10-14(3)21-15/h13-15H,6-12H2,1-5H3. The molecule has 0 aromatic rings. The van der Waals surface area contributed by atoms with Gasteiger partial charge in [0.1, 0.15) is 0 Å². The maximum Gasteiger partial charge on any atom is 0.269 e. The van der Waals surface area contributed by atoms with Crippen molar-refractivity contribution in [3.05, 3.63) is 0 Å². The third-order valence-electron chi connectivity index (χ3n) is 4.54. The fourth-order valence-electron chi connectivity index (χ4n) is 3.26. The van der Waals surface area contributed by atoms with Crippen LogP contribution in [0.15, 0.2) is 0 Å². The van der Waals surface area contributed by atoms with E-state index in [-0.39, 0.29) is 12.2 Å². The lowest BCUT2D eigenvalue weighted by atomic mass is 10.2. The zero-order valence-electron chi connectivity index (χ0n) is 14.7. The smallest absolute Gasteiger partial charge is 0.269 e. The molecule has 0 amide bonds. The first-order chi connectivity index (χ1) is 10.3. The molecule has 2 aliphatic heterocycles. The van der Waals surface area contributed by atoms with Crippen LogP contribution in [0.2, 0.25) is 0 Å². The molecule has 0 radical (unpaired) electrons. The quantitative estimate of drug-likeness (QED) is 0.712. The second kappa shape index (κ2) is 7.73. The lowest BCUT2D eigenvalue weighted by Crippen LogP contribution is -2.48. The van der Waals surface area contributed by atoms with Crippen molar-refractivity contribution >= 4 is 7.52 Å². The normalized spacial score (nSPS) is 32.3. The minimum absolute atomic E-state index is 0.0129. The number of hydrogen-bond acceptors (Lipinski definition) is 5. The lowest BCUT2D eigenvalue weighted by molar-refractivity contribution is -0.0854. The van der Waals surface area contributed by atoms with Gasteiger partial charge in [0.15, 0.2) is 0 Å². The van der Waals surface area contributed by atoms with Crippen molar-refractivity contribution in [2.45, 2.75) is 39.0 Å². The fourth-order valence-corrected chi connectivity index (χ4v) is 4.77. The van der Waals surface area contributed by atoms with Crippen molar-refractivity contribution in [1.82, 2.24) is 14.5 Å². The van der Waals surface area contributed by atoms with Crippen LogP contribution >= 0.6 is 7.52 Å². The molecule has 2 rings (SSSR count). The van der Waals surface area contributed by atoms with Crippen LogP contribution in [-0.2, 0) is 13.8 Å². The van der Waals surface area contributed by atoms with Crippen LogP contribution in [0.3, 0.4) is 0 Å². The third kappa shape index (κ3) is 5.02. The Balaban J connectivity index is 1.80. The van der Waals surface area contributed by atoms with Gasteiger partial charge in [-0.1, -0.05) is 0 Å². The highest BCUT2D eigenvalue weighted by Crippen LogP contribution is 2.47. The van der Waals surface area contributed by atoms with E-state index in [0.29, 0.717) is 12.6 Å². The highest BCUT2D eigenvalue weighted by Gasteiger charge is 2.32. The number of morpholine rings is 1. The Bertz CT molecular complexity index is 389. The summed E-state index contributed by atoms with van der Waals surface area (Å²) in [6, 6.07) is 0.548. The zero-order chi connectivity index (χ0) is 16.3. The van der Waals surface area contributed by atoms with Crippen molar-refractivity contribution in [3.8, 4) is 0 Å². The monoisotopic (exact) mass is 333 g/mol. The molecule has 2 heterocycles. The zero-order valence-corrected chi connectivity index (χ0v) is 15.6. The molecule has 2 saturated heterocycles. The number of piperazine rings is 1. The van der Waals surface area contributed by atoms with Gasteiger partial charge in [-0.3, -0.25) is 9.46 Å². The summed E-state index contributed by atoms with van der Waals surface area (Å²) in [4.78, 5) is 4.65. The third-order valence-corrected chi connectivity index (χ3v) is 6.60. The molecule has 130 valence electrons. The molecule has 2 aliphatic rings. The van der Waals surface area contributed by atoms with E-state index >= 15 is 0 Å². The predicted molar refractivity (Wildman–Crippen MR) is 89.6 cm³/mol. The van der Waals surface area contributed by atoms with E-state index in [9.17, 15) is 4.57 Å². The van der Waals surface area contributed by atoms with E-state index < -0.39 is 7.52 Å². The van der Waals surface area contributed by atoms with Crippen molar-refractivity contribution < 1.29 is 13.8 Å². The molecule has 2 fully saturated rings. The number of rotatable bonds is 5. The second-order valence-electron chi connectivity index (χ2n) is 6.97. The van der Waals surface area contributed by atoms with Crippen LogP contribution in [0.4, 0.5) is 0 Å². The van der Waals surface area contributed by atoms with E-state index in [1.54, 1.807) is 6.66 Å². The van der Waals surface area contributed by atoms with Gasteiger partial charge in [-0.25, -0.2) is 4.67 Å². The summed E-state index contributed by atoms with van der Waals surface area (Å²) >= 11 is 0. The lowest BCUT2D eigenvalue weighted by Gasteiger charge is -2.40. The number of likely N-dealkylation sites (N-methyl/N-ethyl adjacent to an activating group) is 1. The topological polar surface area (TPSA) is 45.2 Å². The Hall–Kier alpha value is 0.0300. The molecule has 6 nitrogen and oxygen atoms in total. The molecule has 0 aromatic heterocycles. The number of hydrogen-bond donors (Lipinski definition) is 0. The minimum atomic E-state index is -2.72. The fraction of sp³-hybridized carbons (Fsp3) is 1.00. The van der Waals surface area contributed by atoms with E-state index in [0.717, 1.165) is 39.3 Å². The molecule has 22 heavy (non-hydrogen) atoms. The maximum atomic E-state index is 12.9. The van der Waals surface area contributed by atoms with Gasteiger partial charge in [-0.15, -0.1) is 0 Å². The van der Waals surface area contributed by atoms with Crippen LogP contribution in [0, 0.1) is 0 Å². The van der Waals surface area contributed by atoms with Gasteiger partial charge in [-0.2, -0.15) is 0 Å². The molecule has 0 spiro atoms. The van der Waals surface area contributed by atoms with E-state index in [2.05, 4.69) is 37.6 Å². The van der Waals surface area contributed by atoms with Gasteiger partial charge in [0.05, 0.1) is 18.8 Å². The van der Waals surface area contributed by atoms with Gasteiger partial charge in [0, 0.05) is 52.0 Å². The van der Waals surface area contributed by atoms with Crippen LogP contribution in [-0.4, -0.2) is 92.3 Å². The van der Waals surface area contributed by atoms with Crippen molar-refractivity contribution in [3.63, 3.8) is 0 Å². The number of nitrogens with zero attached hydrogens (tertiary/aromatic N) is 3. The molecule has 3 atom stereocenters. The Morgan fingerprint density at radius 2 is 1.86 bits per heavy atom. The largest absolute Gasteiger partial charge is 0.370 e. The Kier molecular flexibility index (Phi) is 6.46. The van der Waals surface area contributed by atoms with Gasteiger partial charge in [-0.05, 0) is 27.8 Å². The second-order valence-corrected chi connectivity index (χ2v) is 9.40. The van der Waals surface area contributed by atoms with Gasteiger partial charge in [0.2, 0.25) is 0 Å². The van der Waals surface area contributed by atoms with E-state index in [4.69, 9.17) is 9.26 Å². The molecular formula is C15H32N3O3P. The van der Waals surface area contributed by atoms with Crippen LogP contribution in [0.1, 0.15) is 20.8 Å². The predicted octanol–water partition coefficient (Wildman–Crippen LogP) is 1.57. The summed E-state index contributed by atoms with van der Waals surface area (Å²) in [6.07, 6.45) is 0.220. The van der Waals surface area contributed by atoms with Crippen LogP contribution < -0.4 is 0 Å². The number of ether oxygens (including phenoxy) is 1. The molecule has 0 aliphatic carbocycles. The van der Waals surface area contributed by atoms with Crippen molar-refractivity contribution in [2.24, 2.45) is 0 Å².